The molecule has 0 saturated carbocycles. The number of nitrogens with zero attached hydrogens (tertiary/aromatic N) is 3. The molecule has 4 aromatic rings. The van der Waals surface area contributed by atoms with Gasteiger partial charge in [-0.15, -0.1) is 0 Å². The summed E-state index contributed by atoms with van der Waals surface area (Å²) in [5.41, 5.74) is 2.85. The van der Waals surface area contributed by atoms with Gasteiger partial charge in [0, 0.05) is 29.5 Å². The minimum atomic E-state index is -0.541. The van der Waals surface area contributed by atoms with E-state index in [0.717, 1.165) is 16.6 Å². The summed E-state index contributed by atoms with van der Waals surface area (Å²) in [4.78, 5) is 33.4. The van der Waals surface area contributed by atoms with Gasteiger partial charge in [0.15, 0.2) is 0 Å². The average Bonchev–Trinajstić information content (AvgIpc) is 3.13. The fourth-order valence-corrected chi connectivity index (χ4v) is 3.20. The molecule has 0 aliphatic heterocycles. The Morgan fingerprint density at radius 2 is 1.86 bits per heavy atom. The van der Waals surface area contributed by atoms with Crippen LogP contribution in [0.5, 0.6) is 0 Å². The molecule has 3 aromatic heterocycles. The lowest BCUT2D eigenvalue weighted by molar-refractivity contribution is 0.0602. The molecule has 29 heavy (non-hydrogen) atoms. The summed E-state index contributed by atoms with van der Waals surface area (Å²) in [6, 6.07) is 14.9. The highest BCUT2D eigenvalue weighted by Crippen LogP contribution is 2.24. The fraction of sp³-hybridized carbons (Fsp3) is 0.0909. The molecule has 0 fully saturated rings. The maximum atomic E-state index is 13.0. The largest absolute Gasteiger partial charge is 0.465 e. The molecule has 3 heterocycles. The lowest BCUT2D eigenvalue weighted by atomic mass is 10.1. The predicted octanol–water partition coefficient (Wildman–Crippen LogP) is 3.52. The number of carbonyl (C=O) groups excluding carboxylic acids is 2. The van der Waals surface area contributed by atoms with Crippen molar-refractivity contribution in [2.24, 2.45) is 0 Å². The van der Waals surface area contributed by atoms with Crippen molar-refractivity contribution in [2.75, 3.05) is 12.4 Å². The Kier molecular flexibility index (Phi) is 5.03. The molecule has 0 atom stereocenters. The molecule has 7 nitrogen and oxygen atoms in total. The number of carbonyl (C=O) groups is 2. The number of ether oxygens (including phenoxy) is 1. The topological polar surface area (TPSA) is 86.1 Å². The van der Waals surface area contributed by atoms with Crippen molar-refractivity contribution in [1.29, 1.82) is 0 Å². The molecule has 1 aromatic carbocycles. The van der Waals surface area contributed by atoms with Crippen LogP contribution in [0.3, 0.4) is 0 Å². The maximum absolute atomic E-state index is 13.0. The molecular weight excluding hydrogens is 368 g/mol. The van der Waals surface area contributed by atoms with E-state index in [1.165, 1.54) is 25.6 Å². The molecule has 144 valence electrons. The van der Waals surface area contributed by atoms with E-state index in [2.05, 4.69) is 15.3 Å². The minimum Gasteiger partial charge on any atom is -0.465 e. The van der Waals surface area contributed by atoms with Crippen molar-refractivity contribution in [2.45, 2.75) is 6.54 Å². The summed E-state index contributed by atoms with van der Waals surface area (Å²) in [6.45, 7) is 0.537. The quantitative estimate of drug-likeness (QED) is 0.531. The maximum Gasteiger partial charge on any atom is 0.340 e. The van der Waals surface area contributed by atoms with E-state index in [-0.39, 0.29) is 11.5 Å². The van der Waals surface area contributed by atoms with Gasteiger partial charge in [0.25, 0.3) is 5.91 Å². The highest BCUT2D eigenvalue weighted by molar-refractivity contribution is 6.14. The van der Waals surface area contributed by atoms with Crippen molar-refractivity contribution in [3.63, 3.8) is 0 Å². The number of nitrogens with one attached hydrogen (secondary N) is 1. The third kappa shape index (κ3) is 3.70. The third-order valence-electron chi connectivity index (χ3n) is 4.57. The number of hydrogen-bond acceptors (Lipinski definition) is 5. The average molecular weight is 386 g/mol. The Balaban J connectivity index is 1.70. The van der Waals surface area contributed by atoms with Crippen molar-refractivity contribution in [1.82, 2.24) is 14.5 Å². The number of fused-ring (bicyclic) bond motifs is 1. The molecule has 0 unspecified atom stereocenters. The summed E-state index contributed by atoms with van der Waals surface area (Å²) in [5.74, 6) is -0.876. The summed E-state index contributed by atoms with van der Waals surface area (Å²) in [5, 5.41) is 3.59. The first kappa shape index (κ1) is 18.4. The molecule has 0 aliphatic rings. The normalized spacial score (nSPS) is 10.7. The molecule has 4 rings (SSSR count). The van der Waals surface area contributed by atoms with Crippen molar-refractivity contribution in [3.8, 4) is 0 Å². The first-order valence-corrected chi connectivity index (χ1v) is 8.99. The van der Waals surface area contributed by atoms with Crippen LogP contribution < -0.4 is 5.32 Å². The van der Waals surface area contributed by atoms with Gasteiger partial charge in [-0.1, -0.05) is 24.3 Å². The van der Waals surface area contributed by atoms with E-state index in [4.69, 9.17) is 4.74 Å². The van der Waals surface area contributed by atoms with Gasteiger partial charge >= 0.3 is 5.97 Å². The minimum absolute atomic E-state index is 0.244. The van der Waals surface area contributed by atoms with Crippen LogP contribution in [-0.4, -0.2) is 33.5 Å². The van der Waals surface area contributed by atoms with Gasteiger partial charge in [-0.25, -0.2) is 4.79 Å². The first-order chi connectivity index (χ1) is 14.2. The van der Waals surface area contributed by atoms with Crippen LogP contribution in [0.1, 0.15) is 26.4 Å². The van der Waals surface area contributed by atoms with E-state index >= 15 is 0 Å². The molecular formula is C22H18N4O3. The van der Waals surface area contributed by atoms with Crippen molar-refractivity contribution in [3.05, 3.63) is 90.1 Å². The fourth-order valence-electron chi connectivity index (χ4n) is 3.20. The number of methoxy groups -OCH3 is 1. The Bertz CT molecular complexity index is 1190. The van der Waals surface area contributed by atoms with Crippen LogP contribution in [0.25, 0.3) is 10.9 Å². The summed E-state index contributed by atoms with van der Waals surface area (Å²) in [6.07, 6.45) is 6.44. The highest BCUT2D eigenvalue weighted by atomic mass is 16.5. The zero-order valence-electron chi connectivity index (χ0n) is 15.7. The van der Waals surface area contributed by atoms with Gasteiger partial charge in [-0.3, -0.25) is 14.8 Å². The van der Waals surface area contributed by atoms with Crippen molar-refractivity contribution < 1.29 is 14.3 Å². The van der Waals surface area contributed by atoms with E-state index in [9.17, 15) is 9.59 Å². The molecule has 0 radical (unpaired) electrons. The van der Waals surface area contributed by atoms with E-state index in [1.807, 2.05) is 47.0 Å². The number of hydrogen-bond donors (Lipinski definition) is 1. The first-order valence-electron chi connectivity index (χ1n) is 8.99. The second kappa shape index (κ2) is 7.93. The van der Waals surface area contributed by atoms with Crippen LogP contribution in [0.2, 0.25) is 0 Å². The highest BCUT2D eigenvalue weighted by Gasteiger charge is 2.18. The zero-order valence-corrected chi connectivity index (χ0v) is 15.7. The van der Waals surface area contributed by atoms with Crippen LogP contribution in [0, 0.1) is 0 Å². The van der Waals surface area contributed by atoms with Gasteiger partial charge in [0.05, 0.1) is 42.4 Å². The molecule has 0 saturated heterocycles. The van der Waals surface area contributed by atoms with Gasteiger partial charge in [-0.2, -0.15) is 0 Å². The summed E-state index contributed by atoms with van der Waals surface area (Å²) >= 11 is 0. The molecule has 0 spiro atoms. The van der Waals surface area contributed by atoms with Crippen LogP contribution >= 0.6 is 0 Å². The lowest BCUT2D eigenvalue weighted by Gasteiger charge is -2.08. The number of para-hydroxylation sites is 1. The molecule has 1 N–H and O–H groups in total. The monoisotopic (exact) mass is 386 g/mol. The van der Waals surface area contributed by atoms with Gasteiger partial charge < -0.3 is 14.6 Å². The second-order valence-electron chi connectivity index (χ2n) is 6.38. The smallest absolute Gasteiger partial charge is 0.340 e. The van der Waals surface area contributed by atoms with Gasteiger partial charge in [-0.05, 0) is 24.3 Å². The number of aromatic nitrogens is 3. The van der Waals surface area contributed by atoms with Crippen LogP contribution in [0.4, 0.5) is 5.69 Å². The molecule has 0 aliphatic carbocycles. The number of benzene rings is 1. The summed E-state index contributed by atoms with van der Waals surface area (Å²) < 4.78 is 6.76. The van der Waals surface area contributed by atoms with E-state index < -0.39 is 5.97 Å². The van der Waals surface area contributed by atoms with Crippen LogP contribution in [-0.2, 0) is 11.3 Å². The Hall–Kier alpha value is -4.00. The predicted molar refractivity (Wildman–Crippen MR) is 109 cm³/mol. The number of esters is 1. The number of amides is 1. The Labute approximate surface area is 167 Å². The molecule has 0 bridgehead atoms. The van der Waals surface area contributed by atoms with Gasteiger partial charge in [0.1, 0.15) is 0 Å². The zero-order chi connectivity index (χ0) is 20.2. The number of anilines is 1. The van der Waals surface area contributed by atoms with Crippen molar-refractivity contribution >= 4 is 28.5 Å². The Morgan fingerprint density at radius 1 is 1.03 bits per heavy atom. The van der Waals surface area contributed by atoms with Crippen LogP contribution in [0.15, 0.2) is 73.3 Å². The lowest BCUT2D eigenvalue weighted by Crippen LogP contribution is -2.15. The van der Waals surface area contributed by atoms with E-state index in [0.29, 0.717) is 17.8 Å². The van der Waals surface area contributed by atoms with E-state index in [1.54, 1.807) is 12.4 Å². The SMILES string of the molecule is COC(=O)c1ccncc1NC(=O)c1cn(Cc2ccccn2)c2ccccc12. The number of pyridine rings is 2. The standard InChI is InChI=1S/C22H18N4O3/c1-29-22(28)17-9-11-23-12-19(17)25-21(27)18-14-26(13-15-6-4-5-10-24-15)20-8-3-2-7-16(18)20/h2-12,14H,13H2,1H3,(H,25,27). The Morgan fingerprint density at radius 3 is 2.66 bits per heavy atom. The summed E-state index contributed by atoms with van der Waals surface area (Å²) in [7, 11) is 1.29. The molecule has 1 amide bonds. The second-order valence-corrected chi connectivity index (χ2v) is 6.38. The third-order valence-corrected chi connectivity index (χ3v) is 4.57. The molecule has 7 heteroatoms. The van der Waals surface area contributed by atoms with Gasteiger partial charge in [0.2, 0.25) is 0 Å². The number of rotatable bonds is 5.